The molecule has 7 heteroatoms. The summed E-state index contributed by atoms with van der Waals surface area (Å²) >= 11 is 12.6. The Labute approximate surface area is 180 Å². The lowest BCUT2D eigenvalue weighted by Gasteiger charge is -2.32. The number of nitrogens with zero attached hydrogens (tertiary/aromatic N) is 3. The number of likely N-dealkylation sites (tertiary alicyclic amines) is 1. The summed E-state index contributed by atoms with van der Waals surface area (Å²) in [5.74, 6) is -0.273. The van der Waals surface area contributed by atoms with Gasteiger partial charge in [0.25, 0.3) is 0 Å². The summed E-state index contributed by atoms with van der Waals surface area (Å²) in [6, 6.07) is 11.5. The quantitative estimate of drug-likeness (QED) is 0.611. The van der Waals surface area contributed by atoms with Crippen molar-refractivity contribution in [3.8, 4) is 6.07 Å². The zero-order valence-electron chi connectivity index (χ0n) is 16.3. The number of halogens is 3. The molecule has 2 aromatic rings. The minimum atomic E-state index is -0.369. The van der Waals surface area contributed by atoms with Crippen molar-refractivity contribution in [2.24, 2.45) is 0 Å². The molecule has 1 amide bonds. The third-order valence-electron chi connectivity index (χ3n) is 5.45. The number of amides is 1. The second kappa shape index (κ2) is 9.02. The second-order valence-corrected chi connectivity index (χ2v) is 8.12. The molecule has 4 nitrogen and oxygen atoms in total. The Morgan fingerprint density at radius 3 is 2.69 bits per heavy atom. The number of anilines is 1. The standard InChI is InChI=1S/C22H22Cl2FN3O/c1-3-14(2)27-13-19(10-22(27)29)28(12-16-8-17(25)5-7-20(16)23)18-6-4-15(11-26)21(24)9-18/h4-9,14,19H,3,10,12-13H2,1-2H3/t14?,19-/m0/s1. The van der Waals surface area contributed by atoms with E-state index < -0.39 is 0 Å². The van der Waals surface area contributed by atoms with Crippen molar-refractivity contribution in [1.29, 1.82) is 5.26 Å². The summed E-state index contributed by atoms with van der Waals surface area (Å²) in [6.07, 6.45) is 1.23. The summed E-state index contributed by atoms with van der Waals surface area (Å²) in [6.45, 7) is 4.98. The Bertz CT molecular complexity index is 960. The Balaban J connectivity index is 1.98. The van der Waals surface area contributed by atoms with Crippen molar-refractivity contribution in [2.45, 2.75) is 45.3 Å². The first kappa shape index (κ1) is 21.4. The van der Waals surface area contributed by atoms with Crippen LogP contribution in [0.5, 0.6) is 0 Å². The van der Waals surface area contributed by atoms with Crippen molar-refractivity contribution < 1.29 is 9.18 Å². The van der Waals surface area contributed by atoms with Crippen LogP contribution in [0.25, 0.3) is 0 Å². The number of rotatable bonds is 6. The number of benzene rings is 2. The number of hydrogen-bond acceptors (Lipinski definition) is 3. The molecule has 3 rings (SSSR count). The van der Waals surface area contributed by atoms with Gasteiger partial charge in [0.1, 0.15) is 11.9 Å². The fourth-order valence-electron chi connectivity index (χ4n) is 3.62. The van der Waals surface area contributed by atoms with Crippen LogP contribution in [-0.2, 0) is 11.3 Å². The fraction of sp³-hybridized carbons (Fsp3) is 0.364. The first-order valence-corrected chi connectivity index (χ1v) is 10.3. The molecule has 152 valence electrons. The molecule has 1 aliphatic rings. The maximum atomic E-state index is 13.8. The van der Waals surface area contributed by atoms with Crippen molar-refractivity contribution >= 4 is 34.8 Å². The highest BCUT2D eigenvalue weighted by atomic mass is 35.5. The molecule has 0 saturated carbocycles. The molecule has 2 atom stereocenters. The van der Waals surface area contributed by atoms with Gasteiger partial charge in [-0.3, -0.25) is 4.79 Å². The van der Waals surface area contributed by atoms with Gasteiger partial charge in [0.05, 0.1) is 16.6 Å². The number of hydrogen-bond donors (Lipinski definition) is 0. The third-order valence-corrected chi connectivity index (χ3v) is 6.14. The fourth-order valence-corrected chi connectivity index (χ4v) is 4.01. The van der Waals surface area contributed by atoms with Gasteiger partial charge in [0, 0.05) is 36.3 Å². The average molecular weight is 434 g/mol. The SMILES string of the molecule is CCC(C)N1C[C@@H](N(Cc2cc(F)ccc2Cl)c2ccc(C#N)c(Cl)c2)CC1=O. The van der Waals surface area contributed by atoms with Crippen LogP contribution in [-0.4, -0.2) is 29.4 Å². The summed E-state index contributed by atoms with van der Waals surface area (Å²) < 4.78 is 13.8. The van der Waals surface area contributed by atoms with Crippen LogP contribution in [0.1, 0.15) is 37.8 Å². The Morgan fingerprint density at radius 2 is 2.03 bits per heavy atom. The van der Waals surface area contributed by atoms with Crippen LogP contribution in [0.2, 0.25) is 10.0 Å². The zero-order chi connectivity index (χ0) is 21.1. The van der Waals surface area contributed by atoms with E-state index in [1.807, 2.05) is 16.7 Å². The molecule has 1 heterocycles. The first-order valence-electron chi connectivity index (χ1n) is 9.53. The van der Waals surface area contributed by atoms with Crippen molar-refractivity contribution in [3.05, 3.63) is 63.4 Å². The number of nitriles is 1. The third kappa shape index (κ3) is 4.66. The lowest BCUT2D eigenvalue weighted by molar-refractivity contribution is -0.129. The number of carbonyl (C=O) groups excluding carboxylic acids is 1. The molecule has 0 aromatic heterocycles. The average Bonchev–Trinajstić information content (AvgIpc) is 3.09. The number of carbonyl (C=O) groups is 1. The van der Waals surface area contributed by atoms with E-state index >= 15 is 0 Å². The molecule has 1 aliphatic heterocycles. The minimum Gasteiger partial charge on any atom is -0.362 e. The molecule has 1 unspecified atom stereocenters. The van der Waals surface area contributed by atoms with E-state index in [0.717, 1.165) is 12.1 Å². The van der Waals surface area contributed by atoms with Gasteiger partial charge in [-0.25, -0.2) is 4.39 Å². The monoisotopic (exact) mass is 433 g/mol. The van der Waals surface area contributed by atoms with Crippen molar-refractivity contribution in [2.75, 3.05) is 11.4 Å². The molecule has 2 aromatic carbocycles. The van der Waals surface area contributed by atoms with E-state index in [9.17, 15) is 9.18 Å². The Kier molecular flexibility index (Phi) is 6.66. The van der Waals surface area contributed by atoms with Gasteiger partial charge in [-0.05, 0) is 55.3 Å². The highest BCUT2D eigenvalue weighted by molar-refractivity contribution is 6.32. The largest absolute Gasteiger partial charge is 0.362 e. The smallest absolute Gasteiger partial charge is 0.225 e. The van der Waals surface area contributed by atoms with E-state index in [1.54, 1.807) is 18.2 Å². The van der Waals surface area contributed by atoms with E-state index in [2.05, 4.69) is 13.0 Å². The van der Waals surface area contributed by atoms with Crippen LogP contribution in [0.15, 0.2) is 36.4 Å². The summed E-state index contributed by atoms with van der Waals surface area (Å²) in [5, 5.41) is 9.95. The van der Waals surface area contributed by atoms with Crippen LogP contribution >= 0.6 is 23.2 Å². The van der Waals surface area contributed by atoms with Gasteiger partial charge in [-0.15, -0.1) is 0 Å². The molecule has 29 heavy (non-hydrogen) atoms. The van der Waals surface area contributed by atoms with Crippen LogP contribution in [0.3, 0.4) is 0 Å². The summed E-state index contributed by atoms with van der Waals surface area (Å²) in [4.78, 5) is 16.5. The molecule has 0 spiro atoms. The zero-order valence-corrected chi connectivity index (χ0v) is 17.8. The molecular weight excluding hydrogens is 412 g/mol. The molecule has 0 bridgehead atoms. The topological polar surface area (TPSA) is 47.3 Å². The van der Waals surface area contributed by atoms with E-state index in [0.29, 0.717) is 40.7 Å². The maximum absolute atomic E-state index is 13.8. The highest BCUT2D eigenvalue weighted by Crippen LogP contribution is 2.32. The lowest BCUT2D eigenvalue weighted by atomic mass is 10.1. The maximum Gasteiger partial charge on any atom is 0.225 e. The van der Waals surface area contributed by atoms with E-state index in [1.165, 1.54) is 18.2 Å². The first-order chi connectivity index (χ1) is 13.8. The van der Waals surface area contributed by atoms with Crippen molar-refractivity contribution in [1.82, 2.24) is 4.90 Å². The van der Waals surface area contributed by atoms with E-state index in [-0.39, 0.29) is 23.8 Å². The normalized spacial score (nSPS) is 17.3. The molecule has 0 aliphatic carbocycles. The van der Waals surface area contributed by atoms with Gasteiger partial charge in [-0.2, -0.15) is 5.26 Å². The minimum absolute atomic E-state index is 0.0967. The van der Waals surface area contributed by atoms with Gasteiger partial charge in [0.15, 0.2) is 0 Å². The second-order valence-electron chi connectivity index (χ2n) is 7.30. The molecular formula is C22H22Cl2FN3O. The van der Waals surface area contributed by atoms with Crippen LogP contribution < -0.4 is 4.90 Å². The molecule has 1 saturated heterocycles. The highest BCUT2D eigenvalue weighted by Gasteiger charge is 2.36. The predicted molar refractivity (Wildman–Crippen MR) is 114 cm³/mol. The summed E-state index contributed by atoms with van der Waals surface area (Å²) in [5.41, 5.74) is 1.77. The van der Waals surface area contributed by atoms with Crippen LogP contribution in [0.4, 0.5) is 10.1 Å². The molecule has 0 radical (unpaired) electrons. The molecule has 0 N–H and O–H groups in total. The molecule has 1 fully saturated rings. The Hall–Kier alpha value is -2.29. The van der Waals surface area contributed by atoms with Crippen LogP contribution in [0, 0.1) is 17.1 Å². The van der Waals surface area contributed by atoms with Gasteiger partial charge < -0.3 is 9.80 Å². The van der Waals surface area contributed by atoms with Crippen molar-refractivity contribution in [3.63, 3.8) is 0 Å². The van der Waals surface area contributed by atoms with E-state index in [4.69, 9.17) is 28.5 Å². The Morgan fingerprint density at radius 1 is 1.28 bits per heavy atom. The van der Waals surface area contributed by atoms with Gasteiger partial charge in [-0.1, -0.05) is 30.1 Å². The predicted octanol–water partition coefficient (Wildman–Crippen LogP) is 5.41. The van der Waals surface area contributed by atoms with Gasteiger partial charge >= 0.3 is 0 Å². The van der Waals surface area contributed by atoms with Gasteiger partial charge in [0.2, 0.25) is 5.91 Å². The lowest BCUT2D eigenvalue weighted by Crippen LogP contribution is -2.39. The summed E-state index contributed by atoms with van der Waals surface area (Å²) in [7, 11) is 0.